The summed E-state index contributed by atoms with van der Waals surface area (Å²) in [6.07, 6.45) is 7.80. The van der Waals surface area contributed by atoms with E-state index < -0.39 is 0 Å². The molecule has 98 valence electrons. The van der Waals surface area contributed by atoms with Crippen LogP contribution in [0.5, 0.6) is 0 Å². The number of rotatable bonds is 1. The predicted octanol–water partition coefficient (Wildman–Crippen LogP) is 1.83. The highest BCUT2D eigenvalue weighted by molar-refractivity contribution is 6.14. The Morgan fingerprint density at radius 1 is 1.18 bits per heavy atom. The van der Waals surface area contributed by atoms with Crippen LogP contribution in [0.25, 0.3) is 0 Å². The van der Waals surface area contributed by atoms with Gasteiger partial charge in [-0.1, -0.05) is 31.5 Å². The van der Waals surface area contributed by atoms with Crippen LogP contribution in [0, 0.1) is 11.8 Å². The van der Waals surface area contributed by atoms with Gasteiger partial charge in [0.1, 0.15) is 7.85 Å². The molecule has 0 N–H and O–H groups in total. The molecule has 2 fully saturated rings. The van der Waals surface area contributed by atoms with E-state index in [1.54, 1.807) is 0 Å². The van der Waals surface area contributed by atoms with Crippen LogP contribution in [0.4, 0.5) is 0 Å². The Bertz CT molecular complexity index is 265. The lowest BCUT2D eigenvalue weighted by Crippen LogP contribution is -2.53. The summed E-state index contributed by atoms with van der Waals surface area (Å²) in [6.45, 7) is 3.74. The number of piperidine rings is 1. The molecule has 0 amide bonds. The van der Waals surface area contributed by atoms with Crippen molar-refractivity contribution in [3.05, 3.63) is 0 Å². The van der Waals surface area contributed by atoms with Crippen molar-refractivity contribution in [3.8, 4) is 0 Å². The Labute approximate surface area is 108 Å². The maximum Gasteiger partial charge on any atom is 0.109 e. The van der Waals surface area contributed by atoms with Gasteiger partial charge in [-0.15, -0.1) is 0 Å². The second kappa shape index (κ2) is 4.93. The van der Waals surface area contributed by atoms with Gasteiger partial charge in [-0.25, -0.2) is 0 Å². The minimum atomic E-state index is 0.576. The smallest absolute Gasteiger partial charge is 0.109 e. The lowest BCUT2D eigenvalue weighted by Gasteiger charge is -2.46. The topological polar surface area (TPSA) is 6.48 Å². The largest absolute Gasteiger partial charge is 0.294 e. The third kappa shape index (κ3) is 2.87. The monoisotopic (exact) mass is 236 g/mol. The van der Waals surface area contributed by atoms with Crippen molar-refractivity contribution in [2.75, 3.05) is 27.7 Å². The highest BCUT2D eigenvalue weighted by Crippen LogP contribution is 2.46. The standard InChI is InChI=1S/C14H29BN2/c1-14(15)8-5-11-7-10-17(4)13(16(2)3)12(11)6-9-14/h11-13H,5-10,15H2,1-4H3. The molecule has 1 saturated carbocycles. The van der Waals surface area contributed by atoms with E-state index in [-0.39, 0.29) is 0 Å². The molecule has 4 atom stereocenters. The zero-order valence-corrected chi connectivity index (χ0v) is 12.4. The van der Waals surface area contributed by atoms with Gasteiger partial charge in [-0.05, 0) is 52.4 Å². The summed E-state index contributed by atoms with van der Waals surface area (Å²) in [7, 11) is 9.26. The zero-order valence-electron chi connectivity index (χ0n) is 12.4. The van der Waals surface area contributed by atoms with Gasteiger partial charge in [0, 0.05) is 0 Å². The van der Waals surface area contributed by atoms with E-state index in [0.717, 1.165) is 11.8 Å². The molecule has 1 aliphatic heterocycles. The van der Waals surface area contributed by atoms with E-state index in [4.69, 9.17) is 0 Å². The Morgan fingerprint density at radius 3 is 2.47 bits per heavy atom. The number of hydrogen-bond acceptors (Lipinski definition) is 2. The summed E-state index contributed by atoms with van der Waals surface area (Å²) in [5, 5.41) is 0.576. The van der Waals surface area contributed by atoms with Gasteiger partial charge < -0.3 is 0 Å². The molecule has 4 unspecified atom stereocenters. The second-order valence-corrected chi connectivity index (χ2v) is 7.31. The predicted molar refractivity (Wildman–Crippen MR) is 77.1 cm³/mol. The first-order chi connectivity index (χ1) is 7.91. The van der Waals surface area contributed by atoms with Crippen LogP contribution in [0.1, 0.15) is 39.0 Å². The van der Waals surface area contributed by atoms with Crippen molar-refractivity contribution in [2.24, 2.45) is 11.8 Å². The molecule has 1 aliphatic carbocycles. The lowest BCUT2D eigenvalue weighted by atomic mass is 9.65. The van der Waals surface area contributed by atoms with Gasteiger partial charge in [-0.2, -0.15) is 0 Å². The van der Waals surface area contributed by atoms with E-state index in [0.29, 0.717) is 11.5 Å². The fourth-order valence-corrected chi connectivity index (χ4v) is 4.07. The number of likely N-dealkylation sites (tertiary alicyclic amines) is 1. The Hall–Kier alpha value is -0.0151. The van der Waals surface area contributed by atoms with Crippen molar-refractivity contribution in [1.82, 2.24) is 9.80 Å². The maximum atomic E-state index is 2.57. The number of fused-ring (bicyclic) bond motifs is 1. The molecule has 0 spiro atoms. The molecule has 0 aromatic rings. The molecule has 2 rings (SSSR count). The maximum absolute atomic E-state index is 2.57. The first kappa shape index (κ1) is 13.4. The van der Waals surface area contributed by atoms with E-state index in [2.05, 4.69) is 45.7 Å². The van der Waals surface area contributed by atoms with Gasteiger partial charge in [0.05, 0.1) is 6.17 Å². The van der Waals surface area contributed by atoms with Crippen LogP contribution in [-0.4, -0.2) is 51.5 Å². The third-order valence-electron chi connectivity index (χ3n) is 5.17. The van der Waals surface area contributed by atoms with Gasteiger partial charge in [0.2, 0.25) is 0 Å². The molecule has 0 aromatic carbocycles. The molecule has 0 bridgehead atoms. The summed E-state index contributed by atoms with van der Waals surface area (Å²) < 4.78 is 0. The quantitative estimate of drug-likeness (QED) is 0.641. The fraction of sp³-hybridized carbons (Fsp3) is 1.00. The normalized spacial score (nSPS) is 44.4. The van der Waals surface area contributed by atoms with Crippen LogP contribution < -0.4 is 0 Å². The van der Waals surface area contributed by atoms with E-state index >= 15 is 0 Å². The van der Waals surface area contributed by atoms with Crippen molar-refractivity contribution in [1.29, 1.82) is 0 Å². The molecule has 0 radical (unpaired) electrons. The van der Waals surface area contributed by atoms with Crippen molar-refractivity contribution < 1.29 is 0 Å². The van der Waals surface area contributed by atoms with Crippen LogP contribution in [-0.2, 0) is 0 Å². The summed E-state index contributed by atoms with van der Waals surface area (Å²) in [6, 6.07) is 0. The Balaban J connectivity index is 2.14. The molecule has 1 saturated heterocycles. The second-order valence-electron chi connectivity index (χ2n) is 7.31. The molecule has 2 aliphatic rings. The average molecular weight is 236 g/mol. The van der Waals surface area contributed by atoms with Gasteiger partial charge in [0.15, 0.2) is 0 Å². The SMILES string of the molecule is BC1(C)CCC2CCN(C)C(N(C)C)C2CC1. The molecule has 17 heavy (non-hydrogen) atoms. The van der Waals surface area contributed by atoms with Crippen LogP contribution in [0.15, 0.2) is 0 Å². The molecular weight excluding hydrogens is 207 g/mol. The Kier molecular flexibility index (Phi) is 3.89. The van der Waals surface area contributed by atoms with Crippen molar-refractivity contribution >= 4 is 7.85 Å². The van der Waals surface area contributed by atoms with Crippen LogP contribution in [0.3, 0.4) is 0 Å². The first-order valence-corrected chi connectivity index (χ1v) is 7.27. The molecule has 1 heterocycles. The molecule has 0 aromatic heterocycles. The van der Waals surface area contributed by atoms with Crippen LogP contribution in [0.2, 0.25) is 5.31 Å². The minimum Gasteiger partial charge on any atom is -0.294 e. The summed E-state index contributed by atoms with van der Waals surface area (Å²) in [5.74, 6) is 1.87. The Morgan fingerprint density at radius 2 is 1.82 bits per heavy atom. The first-order valence-electron chi connectivity index (χ1n) is 7.27. The van der Waals surface area contributed by atoms with Crippen molar-refractivity contribution in [2.45, 2.75) is 50.5 Å². The van der Waals surface area contributed by atoms with Gasteiger partial charge in [0.25, 0.3) is 0 Å². The molecule has 2 nitrogen and oxygen atoms in total. The van der Waals surface area contributed by atoms with Crippen LogP contribution >= 0.6 is 0 Å². The van der Waals surface area contributed by atoms with E-state index in [1.807, 2.05) is 0 Å². The van der Waals surface area contributed by atoms with E-state index in [9.17, 15) is 0 Å². The number of hydrogen-bond donors (Lipinski definition) is 0. The molecule has 3 heteroatoms. The summed E-state index contributed by atoms with van der Waals surface area (Å²) >= 11 is 0. The van der Waals surface area contributed by atoms with Crippen molar-refractivity contribution in [3.63, 3.8) is 0 Å². The highest BCUT2D eigenvalue weighted by Gasteiger charge is 2.40. The average Bonchev–Trinajstić information content (AvgIpc) is 2.38. The lowest BCUT2D eigenvalue weighted by molar-refractivity contribution is -0.0186. The van der Waals surface area contributed by atoms with Gasteiger partial charge >= 0.3 is 0 Å². The molecular formula is C14H29BN2. The third-order valence-corrected chi connectivity index (χ3v) is 5.17. The summed E-state index contributed by atoms with van der Waals surface area (Å²) in [5.41, 5.74) is 0. The van der Waals surface area contributed by atoms with E-state index in [1.165, 1.54) is 38.6 Å². The number of nitrogens with zero attached hydrogens (tertiary/aromatic N) is 2. The zero-order chi connectivity index (χ0) is 12.6. The fourth-order valence-electron chi connectivity index (χ4n) is 4.07. The summed E-state index contributed by atoms with van der Waals surface area (Å²) in [4.78, 5) is 5.01. The minimum absolute atomic E-state index is 0.576. The highest BCUT2D eigenvalue weighted by atomic mass is 15.3. The van der Waals surface area contributed by atoms with Gasteiger partial charge in [-0.3, -0.25) is 9.80 Å².